The first-order chi connectivity index (χ1) is 11.4. The Bertz CT molecular complexity index is 690. The summed E-state index contributed by atoms with van der Waals surface area (Å²) in [6, 6.07) is 18.3. The van der Waals surface area contributed by atoms with E-state index >= 15 is 0 Å². The molecule has 2 aromatic rings. The second-order valence-electron chi connectivity index (χ2n) is 6.72. The van der Waals surface area contributed by atoms with Gasteiger partial charge in [-0.3, -0.25) is 4.79 Å². The third-order valence-electron chi connectivity index (χ3n) is 5.05. The minimum Gasteiger partial charge on any atom is -0.349 e. The lowest BCUT2D eigenvalue weighted by Crippen LogP contribution is -2.41. The molecule has 2 aromatic carbocycles. The Balaban J connectivity index is 2.18. The molecule has 0 saturated carbocycles. The highest BCUT2D eigenvalue weighted by atomic mass is 16.1. The molecule has 1 N–H and O–H groups in total. The lowest BCUT2D eigenvalue weighted by Gasteiger charge is -2.33. The van der Waals surface area contributed by atoms with Crippen LogP contribution in [-0.2, 0) is 10.2 Å². The fraction of sp³-hybridized carbons (Fsp3) is 0.318. The van der Waals surface area contributed by atoms with Crippen molar-refractivity contribution in [1.29, 1.82) is 0 Å². The maximum atomic E-state index is 12.8. The van der Waals surface area contributed by atoms with Crippen LogP contribution >= 0.6 is 0 Å². The molecule has 0 spiro atoms. The summed E-state index contributed by atoms with van der Waals surface area (Å²) in [7, 11) is 0. The van der Waals surface area contributed by atoms with Gasteiger partial charge in [0.2, 0.25) is 5.91 Å². The van der Waals surface area contributed by atoms with Crippen LogP contribution < -0.4 is 5.32 Å². The molecule has 1 amide bonds. The van der Waals surface area contributed by atoms with E-state index in [0.717, 1.165) is 11.1 Å². The molecule has 0 fully saturated rings. The fourth-order valence-electron chi connectivity index (χ4n) is 2.89. The van der Waals surface area contributed by atoms with E-state index < -0.39 is 5.41 Å². The van der Waals surface area contributed by atoms with Gasteiger partial charge in [0.15, 0.2) is 0 Å². The molecule has 0 heterocycles. The fourth-order valence-corrected chi connectivity index (χ4v) is 2.89. The number of aryl methyl sites for hydroxylation is 1. The maximum Gasteiger partial charge on any atom is 0.224 e. The molecule has 0 radical (unpaired) electrons. The summed E-state index contributed by atoms with van der Waals surface area (Å²) >= 11 is 0. The van der Waals surface area contributed by atoms with Gasteiger partial charge in [0.05, 0.1) is 6.04 Å². The zero-order chi connectivity index (χ0) is 17.7. The Hall–Kier alpha value is -2.35. The average molecular weight is 321 g/mol. The standard InChI is InChI=1S/C22H27NO/c1-6-22(5,20-14-12-16(2)13-15-20)17(3)21(24)23-18(4)19-10-8-7-9-11-19/h6-15,17-18H,1H2,2-5H3,(H,23,24)/t17-,18+,22-/m0/s1. The van der Waals surface area contributed by atoms with Crippen molar-refractivity contribution >= 4 is 5.91 Å². The number of carbonyl (C=O) groups excluding carboxylic acids is 1. The molecule has 2 heteroatoms. The third-order valence-corrected chi connectivity index (χ3v) is 5.05. The van der Waals surface area contributed by atoms with Crippen LogP contribution in [0.2, 0.25) is 0 Å². The SMILES string of the molecule is C=C[C@](C)(c1ccc(C)cc1)[C@@H](C)C(=O)N[C@H](C)c1ccccc1. The third kappa shape index (κ3) is 3.76. The van der Waals surface area contributed by atoms with E-state index in [0.29, 0.717) is 0 Å². The Morgan fingerprint density at radius 1 is 1.08 bits per heavy atom. The summed E-state index contributed by atoms with van der Waals surface area (Å²) in [6.45, 7) is 12.1. The van der Waals surface area contributed by atoms with E-state index in [1.165, 1.54) is 5.56 Å². The summed E-state index contributed by atoms with van der Waals surface area (Å²) in [5.41, 5.74) is 3.01. The van der Waals surface area contributed by atoms with Crippen molar-refractivity contribution < 1.29 is 4.79 Å². The van der Waals surface area contributed by atoms with Crippen molar-refractivity contribution in [2.45, 2.75) is 39.2 Å². The first-order valence-electron chi connectivity index (χ1n) is 8.44. The molecule has 0 aliphatic carbocycles. The predicted molar refractivity (Wildman–Crippen MR) is 101 cm³/mol. The summed E-state index contributed by atoms with van der Waals surface area (Å²) in [5.74, 6) is -0.182. The predicted octanol–water partition coefficient (Wildman–Crippen LogP) is 4.95. The average Bonchev–Trinajstić information content (AvgIpc) is 2.61. The van der Waals surface area contributed by atoms with Gasteiger partial charge >= 0.3 is 0 Å². The van der Waals surface area contributed by atoms with Crippen molar-refractivity contribution in [3.63, 3.8) is 0 Å². The highest BCUT2D eigenvalue weighted by molar-refractivity contribution is 5.81. The second-order valence-corrected chi connectivity index (χ2v) is 6.72. The van der Waals surface area contributed by atoms with Crippen LogP contribution in [0, 0.1) is 12.8 Å². The summed E-state index contributed by atoms with van der Waals surface area (Å²) in [5, 5.41) is 3.13. The van der Waals surface area contributed by atoms with Gasteiger partial charge in [0.25, 0.3) is 0 Å². The number of carbonyl (C=O) groups is 1. The minimum absolute atomic E-state index is 0.0202. The quantitative estimate of drug-likeness (QED) is 0.749. The topological polar surface area (TPSA) is 29.1 Å². The highest BCUT2D eigenvalue weighted by Gasteiger charge is 2.35. The molecule has 126 valence electrons. The number of hydrogen-bond donors (Lipinski definition) is 1. The van der Waals surface area contributed by atoms with Crippen molar-refractivity contribution in [3.05, 3.63) is 83.9 Å². The molecule has 2 nitrogen and oxygen atoms in total. The molecular formula is C22H27NO. The summed E-state index contributed by atoms with van der Waals surface area (Å²) in [6.07, 6.45) is 1.88. The normalized spacial score (nSPS) is 15.8. The molecule has 0 aliphatic rings. The second kappa shape index (κ2) is 7.48. The van der Waals surface area contributed by atoms with E-state index in [4.69, 9.17) is 0 Å². The van der Waals surface area contributed by atoms with Crippen LogP contribution in [0.3, 0.4) is 0 Å². The van der Waals surface area contributed by atoms with Gasteiger partial charge in [-0.15, -0.1) is 6.58 Å². The Labute approximate surface area is 145 Å². The van der Waals surface area contributed by atoms with Crippen LogP contribution in [0.25, 0.3) is 0 Å². The van der Waals surface area contributed by atoms with Crippen LogP contribution in [0.1, 0.15) is 43.5 Å². The molecular weight excluding hydrogens is 294 g/mol. The largest absolute Gasteiger partial charge is 0.349 e. The number of nitrogens with one attached hydrogen (secondary N) is 1. The van der Waals surface area contributed by atoms with Crippen molar-refractivity contribution in [2.75, 3.05) is 0 Å². The van der Waals surface area contributed by atoms with Crippen molar-refractivity contribution in [1.82, 2.24) is 5.32 Å². The molecule has 2 rings (SSSR count). The van der Waals surface area contributed by atoms with E-state index in [1.807, 2.05) is 50.3 Å². The van der Waals surface area contributed by atoms with E-state index in [1.54, 1.807) is 0 Å². The first kappa shape index (κ1) is 18.0. The first-order valence-corrected chi connectivity index (χ1v) is 8.44. The van der Waals surface area contributed by atoms with Gasteiger partial charge in [0.1, 0.15) is 0 Å². The zero-order valence-corrected chi connectivity index (χ0v) is 15.0. The number of amides is 1. The monoisotopic (exact) mass is 321 g/mol. The van der Waals surface area contributed by atoms with Crippen LogP contribution in [0.5, 0.6) is 0 Å². The van der Waals surface area contributed by atoms with Crippen LogP contribution in [-0.4, -0.2) is 5.91 Å². The molecule has 3 atom stereocenters. The van der Waals surface area contributed by atoms with E-state index in [-0.39, 0.29) is 17.9 Å². The Morgan fingerprint density at radius 2 is 1.67 bits per heavy atom. The van der Waals surface area contributed by atoms with Gasteiger partial charge in [-0.05, 0) is 25.0 Å². The van der Waals surface area contributed by atoms with Gasteiger partial charge in [-0.2, -0.15) is 0 Å². The molecule has 0 saturated heterocycles. The zero-order valence-electron chi connectivity index (χ0n) is 15.0. The highest BCUT2D eigenvalue weighted by Crippen LogP contribution is 2.34. The number of allylic oxidation sites excluding steroid dienone is 1. The summed E-state index contributed by atoms with van der Waals surface area (Å²) < 4.78 is 0. The van der Waals surface area contributed by atoms with Gasteiger partial charge < -0.3 is 5.32 Å². The molecule has 0 bridgehead atoms. The lowest BCUT2D eigenvalue weighted by molar-refractivity contribution is -0.126. The smallest absolute Gasteiger partial charge is 0.224 e. The molecule has 0 aliphatic heterocycles. The van der Waals surface area contributed by atoms with Crippen LogP contribution in [0.15, 0.2) is 67.3 Å². The van der Waals surface area contributed by atoms with E-state index in [9.17, 15) is 4.79 Å². The molecule has 24 heavy (non-hydrogen) atoms. The number of hydrogen-bond acceptors (Lipinski definition) is 1. The summed E-state index contributed by atoms with van der Waals surface area (Å²) in [4.78, 5) is 12.8. The lowest BCUT2D eigenvalue weighted by atomic mass is 9.72. The Morgan fingerprint density at radius 3 is 2.21 bits per heavy atom. The minimum atomic E-state index is -0.409. The number of benzene rings is 2. The van der Waals surface area contributed by atoms with Gasteiger partial charge in [-0.25, -0.2) is 0 Å². The van der Waals surface area contributed by atoms with Crippen molar-refractivity contribution in [2.24, 2.45) is 5.92 Å². The maximum absolute atomic E-state index is 12.8. The molecule has 0 aromatic heterocycles. The van der Waals surface area contributed by atoms with Crippen LogP contribution in [0.4, 0.5) is 0 Å². The van der Waals surface area contributed by atoms with Gasteiger partial charge in [-0.1, -0.05) is 80.1 Å². The van der Waals surface area contributed by atoms with E-state index in [2.05, 4.69) is 50.0 Å². The molecule has 0 unspecified atom stereocenters. The number of rotatable bonds is 6. The van der Waals surface area contributed by atoms with Gasteiger partial charge in [0, 0.05) is 11.3 Å². The Kier molecular flexibility index (Phi) is 5.61. The van der Waals surface area contributed by atoms with Crippen molar-refractivity contribution in [3.8, 4) is 0 Å².